The Morgan fingerprint density at radius 3 is 2.54 bits per heavy atom. The average molecular weight is 413 g/mol. The molecule has 0 unspecified atom stereocenters. The van der Waals surface area contributed by atoms with Crippen molar-refractivity contribution in [1.82, 2.24) is 0 Å². The van der Waals surface area contributed by atoms with Crippen molar-refractivity contribution in [1.29, 1.82) is 5.26 Å². The number of halogens is 1. The van der Waals surface area contributed by atoms with E-state index in [1.807, 2.05) is 36.4 Å². The average Bonchev–Trinajstić information content (AvgIpc) is 3.06. The zero-order valence-corrected chi connectivity index (χ0v) is 16.7. The van der Waals surface area contributed by atoms with Crippen LogP contribution in [0.15, 0.2) is 54.6 Å². The highest BCUT2D eigenvalue weighted by Gasteiger charge is 2.27. The second-order valence-corrected chi connectivity index (χ2v) is 7.45. The van der Waals surface area contributed by atoms with Crippen molar-refractivity contribution in [3.05, 3.63) is 64.5 Å². The van der Waals surface area contributed by atoms with E-state index in [9.17, 15) is 9.59 Å². The number of rotatable bonds is 6. The topological polar surface area (TPSA) is 70.4 Å². The van der Waals surface area contributed by atoms with Crippen LogP contribution < -0.4 is 4.90 Å². The van der Waals surface area contributed by atoms with E-state index in [4.69, 9.17) is 21.6 Å². The Labute approximate surface area is 171 Å². The molecule has 0 spiro atoms. The van der Waals surface area contributed by atoms with E-state index < -0.39 is 18.0 Å². The summed E-state index contributed by atoms with van der Waals surface area (Å²) in [5.74, 6) is -1.03. The molecule has 1 aromatic heterocycles. The second kappa shape index (κ2) is 8.87. The molecular weight excluding hydrogens is 396 g/mol. The second-order valence-electron chi connectivity index (χ2n) is 6.02. The normalized spacial score (nSPS) is 11.6. The summed E-state index contributed by atoms with van der Waals surface area (Å²) in [5.41, 5.74) is 0.644. The SMILES string of the molecule is C[C@H](OC(=O)c1sc2ccccc2c1Cl)C(=O)N(CCC#N)c1ccccc1. The fraction of sp³-hybridized carbons (Fsp3) is 0.190. The van der Waals surface area contributed by atoms with E-state index in [1.165, 1.54) is 23.2 Å². The van der Waals surface area contributed by atoms with Gasteiger partial charge >= 0.3 is 5.97 Å². The molecule has 0 radical (unpaired) electrons. The molecule has 0 aliphatic rings. The van der Waals surface area contributed by atoms with Crippen LogP contribution in [0.5, 0.6) is 0 Å². The lowest BCUT2D eigenvalue weighted by Gasteiger charge is -2.25. The first kappa shape index (κ1) is 19.9. The molecule has 5 nitrogen and oxygen atoms in total. The molecule has 7 heteroatoms. The van der Waals surface area contributed by atoms with Gasteiger partial charge in [-0.2, -0.15) is 5.26 Å². The summed E-state index contributed by atoms with van der Waals surface area (Å²) in [6.07, 6.45) is -0.851. The summed E-state index contributed by atoms with van der Waals surface area (Å²) >= 11 is 7.55. The number of benzene rings is 2. The van der Waals surface area contributed by atoms with Crippen LogP contribution in [-0.4, -0.2) is 24.5 Å². The van der Waals surface area contributed by atoms with E-state index >= 15 is 0 Å². The van der Waals surface area contributed by atoms with Gasteiger partial charge in [0.05, 0.1) is 17.5 Å². The summed E-state index contributed by atoms with van der Waals surface area (Å²) in [6, 6.07) is 18.4. The van der Waals surface area contributed by atoms with Crippen molar-refractivity contribution in [3.8, 4) is 6.07 Å². The number of hydrogen-bond donors (Lipinski definition) is 0. The Balaban J connectivity index is 1.78. The van der Waals surface area contributed by atoms with Crippen LogP contribution in [0.3, 0.4) is 0 Å². The highest BCUT2D eigenvalue weighted by molar-refractivity contribution is 7.21. The zero-order chi connectivity index (χ0) is 20.1. The van der Waals surface area contributed by atoms with Gasteiger partial charge in [-0.15, -0.1) is 11.3 Å². The van der Waals surface area contributed by atoms with Gasteiger partial charge in [0.25, 0.3) is 5.91 Å². The van der Waals surface area contributed by atoms with Crippen LogP contribution in [0.2, 0.25) is 5.02 Å². The molecule has 0 aliphatic carbocycles. The minimum absolute atomic E-state index is 0.170. The predicted molar refractivity (Wildman–Crippen MR) is 111 cm³/mol. The summed E-state index contributed by atoms with van der Waals surface area (Å²) < 4.78 is 6.28. The third-order valence-electron chi connectivity index (χ3n) is 4.13. The van der Waals surface area contributed by atoms with Gasteiger partial charge in [-0.1, -0.05) is 48.0 Å². The molecule has 0 saturated carbocycles. The van der Waals surface area contributed by atoms with Gasteiger partial charge in [0.2, 0.25) is 0 Å². The number of anilines is 1. The van der Waals surface area contributed by atoms with Gasteiger partial charge in [0.15, 0.2) is 6.10 Å². The van der Waals surface area contributed by atoms with Gasteiger partial charge in [-0.3, -0.25) is 4.79 Å². The molecule has 0 N–H and O–H groups in total. The van der Waals surface area contributed by atoms with Crippen molar-refractivity contribution in [2.75, 3.05) is 11.4 Å². The van der Waals surface area contributed by atoms with Crippen LogP contribution >= 0.6 is 22.9 Å². The van der Waals surface area contributed by atoms with Crippen molar-refractivity contribution in [3.63, 3.8) is 0 Å². The molecular formula is C21H17ClN2O3S. The first-order valence-corrected chi connectivity index (χ1v) is 9.83. The number of nitrogens with zero attached hydrogens (tertiary/aromatic N) is 2. The molecule has 142 valence electrons. The Morgan fingerprint density at radius 2 is 1.86 bits per heavy atom. The maximum Gasteiger partial charge on any atom is 0.350 e. The van der Waals surface area contributed by atoms with Crippen LogP contribution in [0.1, 0.15) is 23.0 Å². The molecule has 2 aromatic carbocycles. The molecule has 0 saturated heterocycles. The van der Waals surface area contributed by atoms with Crippen LogP contribution in [0.4, 0.5) is 5.69 Å². The van der Waals surface area contributed by atoms with Gasteiger partial charge in [-0.25, -0.2) is 4.79 Å². The van der Waals surface area contributed by atoms with E-state index in [0.29, 0.717) is 10.7 Å². The fourth-order valence-corrected chi connectivity index (χ4v) is 4.16. The predicted octanol–water partition coefficient (Wildman–Crippen LogP) is 5.05. The lowest BCUT2D eigenvalue weighted by atomic mass is 10.2. The number of nitriles is 1. The highest BCUT2D eigenvalue weighted by atomic mass is 35.5. The molecule has 1 heterocycles. The van der Waals surface area contributed by atoms with Crippen molar-refractivity contribution < 1.29 is 14.3 Å². The smallest absolute Gasteiger partial charge is 0.350 e. The first-order chi connectivity index (χ1) is 13.5. The molecule has 1 amide bonds. The molecule has 1 atom stereocenters. The number of hydrogen-bond acceptors (Lipinski definition) is 5. The highest BCUT2D eigenvalue weighted by Crippen LogP contribution is 2.35. The molecule has 3 aromatic rings. The number of para-hydroxylation sites is 1. The van der Waals surface area contributed by atoms with Crippen molar-refractivity contribution in [2.24, 2.45) is 0 Å². The van der Waals surface area contributed by atoms with E-state index in [0.717, 1.165) is 10.1 Å². The molecule has 0 bridgehead atoms. The first-order valence-electron chi connectivity index (χ1n) is 8.64. The van der Waals surface area contributed by atoms with Gasteiger partial charge in [0, 0.05) is 22.3 Å². The Kier molecular flexibility index (Phi) is 6.30. The number of fused-ring (bicyclic) bond motifs is 1. The quantitative estimate of drug-likeness (QED) is 0.531. The Bertz CT molecular complexity index is 1040. The van der Waals surface area contributed by atoms with E-state index in [-0.39, 0.29) is 17.8 Å². The van der Waals surface area contributed by atoms with Crippen LogP contribution in [0, 0.1) is 11.3 Å². The third-order valence-corrected chi connectivity index (χ3v) is 5.79. The van der Waals surface area contributed by atoms with Crippen molar-refractivity contribution >= 4 is 50.6 Å². The summed E-state index contributed by atoms with van der Waals surface area (Å²) in [6.45, 7) is 1.73. The number of thiophene rings is 1. The summed E-state index contributed by atoms with van der Waals surface area (Å²) in [4.78, 5) is 27.2. The lowest BCUT2D eigenvalue weighted by Crippen LogP contribution is -2.40. The van der Waals surface area contributed by atoms with Gasteiger partial charge in [-0.05, 0) is 25.1 Å². The number of carbonyl (C=O) groups excluding carboxylic acids is 2. The molecule has 0 aliphatic heterocycles. The van der Waals surface area contributed by atoms with Crippen LogP contribution in [0.25, 0.3) is 10.1 Å². The molecule has 3 rings (SSSR count). The lowest BCUT2D eigenvalue weighted by molar-refractivity contribution is -0.126. The zero-order valence-electron chi connectivity index (χ0n) is 15.1. The van der Waals surface area contributed by atoms with Crippen molar-refractivity contribution in [2.45, 2.75) is 19.4 Å². The number of carbonyl (C=O) groups is 2. The molecule has 0 fully saturated rings. The number of amides is 1. The minimum atomic E-state index is -1.02. The fourth-order valence-electron chi connectivity index (χ4n) is 2.77. The van der Waals surface area contributed by atoms with E-state index in [2.05, 4.69) is 0 Å². The largest absolute Gasteiger partial charge is 0.448 e. The Morgan fingerprint density at radius 1 is 1.18 bits per heavy atom. The van der Waals surface area contributed by atoms with Gasteiger partial charge < -0.3 is 9.64 Å². The summed E-state index contributed by atoms with van der Waals surface area (Å²) in [5, 5.41) is 10.00. The van der Waals surface area contributed by atoms with E-state index in [1.54, 1.807) is 24.3 Å². The maximum absolute atomic E-state index is 12.9. The standard InChI is InChI=1S/C21H17ClN2O3S/c1-14(20(25)24(13-7-12-23)15-8-3-2-4-9-15)27-21(26)19-18(22)16-10-5-6-11-17(16)28-19/h2-6,8-11,14H,7,13H2,1H3/t14-/m0/s1. The maximum atomic E-state index is 12.9. The third kappa shape index (κ3) is 4.16. The number of ether oxygens (including phenoxy) is 1. The monoisotopic (exact) mass is 412 g/mol. The Hall–Kier alpha value is -2.88. The van der Waals surface area contributed by atoms with Gasteiger partial charge in [0.1, 0.15) is 4.88 Å². The summed E-state index contributed by atoms with van der Waals surface area (Å²) in [7, 11) is 0. The number of esters is 1. The van der Waals surface area contributed by atoms with Crippen LogP contribution in [-0.2, 0) is 9.53 Å². The molecule has 28 heavy (non-hydrogen) atoms. The minimum Gasteiger partial charge on any atom is -0.448 e.